The van der Waals surface area contributed by atoms with Gasteiger partial charge in [-0.3, -0.25) is 0 Å². The minimum Gasteiger partial charge on any atom is -0.495 e. The number of hydrogen-bond donors (Lipinski definition) is 1. The van der Waals surface area contributed by atoms with Gasteiger partial charge in [-0.2, -0.15) is 0 Å². The Balaban J connectivity index is 2.35. The lowest BCUT2D eigenvalue weighted by molar-refractivity contribution is 0.259. The van der Waals surface area contributed by atoms with Crippen molar-refractivity contribution in [3.8, 4) is 11.5 Å². The summed E-state index contributed by atoms with van der Waals surface area (Å²) >= 11 is 3.50. The maximum absolute atomic E-state index is 6.30. The van der Waals surface area contributed by atoms with Crippen molar-refractivity contribution in [2.45, 2.75) is 25.3 Å². The van der Waals surface area contributed by atoms with Gasteiger partial charge in [0.1, 0.15) is 16.0 Å². The maximum atomic E-state index is 6.30. The molecule has 2 N–H and O–H groups in total. The molecular weight excluding hydrogens is 282 g/mol. The van der Waals surface area contributed by atoms with Crippen molar-refractivity contribution >= 4 is 15.9 Å². The van der Waals surface area contributed by atoms with Crippen LogP contribution in [0, 0.1) is 5.92 Å². The van der Waals surface area contributed by atoms with Crippen LogP contribution >= 0.6 is 15.9 Å². The smallest absolute Gasteiger partial charge is 0.141 e. The van der Waals surface area contributed by atoms with Crippen LogP contribution in [0.25, 0.3) is 0 Å². The predicted molar refractivity (Wildman–Crippen MR) is 71.5 cm³/mol. The molecule has 0 spiro atoms. The summed E-state index contributed by atoms with van der Waals surface area (Å²) in [6, 6.07) is 3.99. The largest absolute Gasteiger partial charge is 0.495 e. The molecule has 4 heteroatoms. The Bertz CT molecular complexity index is 405. The van der Waals surface area contributed by atoms with Crippen molar-refractivity contribution in [2.75, 3.05) is 14.2 Å². The summed E-state index contributed by atoms with van der Waals surface area (Å²) in [7, 11) is 3.31. The standard InChI is InChI=1S/C13H18BrNO2/c1-16-10-7-6-9(13(17-2)11(10)14)12(15)8-4-3-5-8/h6-8,12H,3-5,15H2,1-2H3. The van der Waals surface area contributed by atoms with Crippen molar-refractivity contribution < 1.29 is 9.47 Å². The molecule has 0 aliphatic heterocycles. The summed E-state index contributed by atoms with van der Waals surface area (Å²) in [5.41, 5.74) is 7.36. The Morgan fingerprint density at radius 1 is 1.29 bits per heavy atom. The second kappa shape index (κ2) is 5.27. The van der Waals surface area contributed by atoms with Crippen LogP contribution in [0.5, 0.6) is 11.5 Å². The molecule has 2 rings (SSSR count). The van der Waals surface area contributed by atoms with Crippen LogP contribution in [0.1, 0.15) is 30.9 Å². The number of benzene rings is 1. The van der Waals surface area contributed by atoms with E-state index < -0.39 is 0 Å². The molecule has 0 radical (unpaired) electrons. The lowest BCUT2D eigenvalue weighted by atomic mass is 9.77. The van der Waals surface area contributed by atoms with Crippen LogP contribution in [0.2, 0.25) is 0 Å². The Labute approximate surface area is 110 Å². The van der Waals surface area contributed by atoms with E-state index in [0.717, 1.165) is 21.5 Å². The number of ether oxygens (including phenoxy) is 2. The average Bonchev–Trinajstić information content (AvgIpc) is 2.26. The van der Waals surface area contributed by atoms with E-state index in [1.54, 1.807) is 14.2 Å². The lowest BCUT2D eigenvalue weighted by Gasteiger charge is -2.32. The molecule has 1 aromatic carbocycles. The van der Waals surface area contributed by atoms with Crippen LogP contribution in [0.3, 0.4) is 0 Å². The van der Waals surface area contributed by atoms with Gasteiger partial charge in [-0.05, 0) is 46.8 Å². The van der Waals surface area contributed by atoms with Gasteiger partial charge in [0.2, 0.25) is 0 Å². The number of methoxy groups -OCH3 is 2. The molecule has 1 unspecified atom stereocenters. The number of rotatable bonds is 4. The molecule has 0 aromatic heterocycles. The lowest BCUT2D eigenvalue weighted by Crippen LogP contribution is -2.27. The monoisotopic (exact) mass is 299 g/mol. The van der Waals surface area contributed by atoms with Crippen molar-refractivity contribution in [2.24, 2.45) is 11.7 Å². The fourth-order valence-electron chi connectivity index (χ4n) is 2.23. The molecular formula is C13H18BrNO2. The van der Waals surface area contributed by atoms with Crippen molar-refractivity contribution in [3.05, 3.63) is 22.2 Å². The van der Waals surface area contributed by atoms with Crippen molar-refractivity contribution in [1.29, 1.82) is 0 Å². The van der Waals surface area contributed by atoms with E-state index in [1.807, 2.05) is 12.1 Å². The highest BCUT2D eigenvalue weighted by atomic mass is 79.9. The zero-order valence-electron chi connectivity index (χ0n) is 10.2. The van der Waals surface area contributed by atoms with Gasteiger partial charge in [0.05, 0.1) is 14.2 Å². The van der Waals surface area contributed by atoms with Crippen LogP contribution in [-0.4, -0.2) is 14.2 Å². The zero-order chi connectivity index (χ0) is 12.4. The molecule has 0 bridgehead atoms. The molecule has 1 atom stereocenters. The fraction of sp³-hybridized carbons (Fsp3) is 0.538. The van der Waals surface area contributed by atoms with Gasteiger partial charge < -0.3 is 15.2 Å². The van der Waals surface area contributed by atoms with E-state index in [1.165, 1.54) is 19.3 Å². The molecule has 0 saturated heterocycles. The third-order valence-electron chi connectivity index (χ3n) is 3.53. The summed E-state index contributed by atoms with van der Waals surface area (Å²) in [5.74, 6) is 2.15. The van der Waals surface area contributed by atoms with Gasteiger partial charge in [-0.15, -0.1) is 0 Å². The Morgan fingerprint density at radius 3 is 2.47 bits per heavy atom. The quantitative estimate of drug-likeness (QED) is 0.928. The topological polar surface area (TPSA) is 44.5 Å². The van der Waals surface area contributed by atoms with E-state index in [9.17, 15) is 0 Å². The third-order valence-corrected chi connectivity index (χ3v) is 4.28. The van der Waals surface area contributed by atoms with Gasteiger partial charge in [-0.1, -0.05) is 6.42 Å². The minimum absolute atomic E-state index is 0.0564. The van der Waals surface area contributed by atoms with E-state index in [-0.39, 0.29) is 6.04 Å². The maximum Gasteiger partial charge on any atom is 0.141 e. The zero-order valence-corrected chi connectivity index (χ0v) is 11.8. The Kier molecular flexibility index (Phi) is 3.94. The second-order valence-corrected chi connectivity index (χ2v) is 5.21. The van der Waals surface area contributed by atoms with Crippen LogP contribution in [0.4, 0.5) is 0 Å². The number of halogens is 1. The molecule has 1 aliphatic rings. The normalized spacial score (nSPS) is 17.4. The van der Waals surface area contributed by atoms with Gasteiger partial charge in [0, 0.05) is 11.6 Å². The van der Waals surface area contributed by atoms with E-state index in [4.69, 9.17) is 15.2 Å². The highest BCUT2D eigenvalue weighted by molar-refractivity contribution is 9.10. The van der Waals surface area contributed by atoms with Gasteiger partial charge in [0.15, 0.2) is 0 Å². The minimum atomic E-state index is 0.0564. The molecule has 94 valence electrons. The van der Waals surface area contributed by atoms with Crippen LogP contribution < -0.4 is 15.2 Å². The molecule has 1 saturated carbocycles. The molecule has 3 nitrogen and oxygen atoms in total. The van der Waals surface area contributed by atoms with Crippen molar-refractivity contribution in [1.82, 2.24) is 0 Å². The summed E-state index contributed by atoms with van der Waals surface area (Å²) in [6.07, 6.45) is 3.72. The first-order valence-corrected chi connectivity index (χ1v) is 6.64. The van der Waals surface area contributed by atoms with Gasteiger partial charge in [-0.25, -0.2) is 0 Å². The third kappa shape index (κ3) is 2.29. The van der Waals surface area contributed by atoms with Crippen molar-refractivity contribution in [3.63, 3.8) is 0 Å². The SMILES string of the molecule is COc1ccc(C(N)C2CCC2)c(OC)c1Br. The summed E-state index contributed by atoms with van der Waals surface area (Å²) in [6.45, 7) is 0. The Morgan fingerprint density at radius 2 is 2.00 bits per heavy atom. The van der Waals surface area contributed by atoms with E-state index in [0.29, 0.717) is 5.92 Å². The predicted octanol–water partition coefficient (Wildman–Crippen LogP) is 3.27. The molecule has 0 heterocycles. The number of nitrogens with two attached hydrogens (primary N) is 1. The van der Waals surface area contributed by atoms with Crippen LogP contribution in [0.15, 0.2) is 16.6 Å². The summed E-state index contributed by atoms with van der Waals surface area (Å²) in [5, 5.41) is 0. The number of hydrogen-bond acceptors (Lipinski definition) is 3. The first kappa shape index (κ1) is 12.7. The average molecular weight is 300 g/mol. The molecule has 0 amide bonds. The van der Waals surface area contributed by atoms with Gasteiger partial charge in [0.25, 0.3) is 0 Å². The molecule has 1 fully saturated rings. The fourth-order valence-corrected chi connectivity index (χ4v) is 2.92. The highest BCUT2D eigenvalue weighted by Crippen LogP contribution is 2.44. The van der Waals surface area contributed by atoms with E-state index >= 15 is 0 Å². The highest BCUT2D eigenvalue weighted by Gasteiger charge is 2.28. The molecule has 1 aromatic rings. The first-order valence-electron chi connectivity index (χ1n) is 5.85. The van der Waals surface area contributed by atoms with Gasteiger partial charge >= 0.3 is 0 Å². The summed E-state index contributed by atoms with van der Waals surface area (Å²) < 4.78 is 11.5. The first-order chi connectivity index (χ1) is 8.19. The Hall–Kier alpha value is -0.740. The second-order valence-electron chi connectivity index (χ2n) is 4.42. The molecule has 17 heavy (non-hydrogen) atoms. The van der Waals surface area contributed by atoms with Crippen LogP contribution in [-0.2, 0) is 0 Å². The van der Waals surface area contributed by atoms with E-state index in [2.05, 4.69) is 15.9 Å². The molecule has 1 aliphatic carbocycles. The summed E-state index contributed by atoms with van der Waals surface area (Å²) in [4.78, 5) is 0.